The first-order valence-electron chi connectivity index (χ1n) is 8.87. The zero-order valence-electron chi connectivity index (χ0n) is 14.8. The second-order valence-electron chi connectivity index (χ2n) is 6.66. The van der Waals surface area contributed by atoms with Crippen molar-refractivity contribution in [1.29, 1.82) is 0 Å². The molecule has 1 aromatic rings. The number of nitrogens with one attached hydrogen (secondary N) is 2. The van der Waals surface area contributed by atoms with Gasteiger partial charge in [0.15, 0.2) is 0 Å². The van der Waals surface area contributed by atoms with E-state index in [1.807, 2.05) is 31.2 Å². The number of hydrogen-bond acceptors (Lipinski definition) is 3. The van der Waals surface area contributed by atoms with Gasteiger partial charge in [-0.2, -0.15) is 0 Å². The zero-order chi connectivity index (χ0) is 17.4. The van der Waals surface area contributed by atoms with Crippen molar-refractivity contribution < 1.29 is 9.59 Å². The SMILES string of the molecule is Cc1ccc(CCC(=O)NCC(=O)NC[C@H](C)N2CCCC2)cc1. The number of amides is 2. The molecule has 2 N–H and O–H groups in total. The van der Waals surface area contributed by atoms with Gasteiger partial charge in [-0.25, -0.2) is 0 Å². The van der Waals surface area contributed by atoms with Gasteiger partial charge in [-0.3, -0.25) is 14.5 Å². The number of likely N-dealkylation sites (tertiary alicyclic amines) is 1. The molecule has 1 aliphatic rings. The Morgan fingerprint density at radius 1 is 1.08 bits per heavy atom. The predicted molar refractivity (Wildman–Crippen MR) is 95.8 cm³/mol. The van der Waals surface area contributed by atoms with E-state index in [4.69, 9.17) is 0 Å². The van der Waals surface area contributed by atoms with Crippen LogP contribution in [0.5, 0.6) is 0 Å². The minimum Gasteiger partial charge on any atom is -0.353 e. The molecule has 1 heterocycles. The van der Waals surface area contributed by atoms with Crippen LogP contribution in [0.1, 0.15) is 37.3 Å². The normalized spacial score (nSPS) is 15.9. The van der Waals surface area contributed by atoms with E-state index in [1.165, 1.54) is 18.4 Å². The van der Waals surface area contributed by atoms with E-state index in [0.29, 0.717) is 25.4 Å². The van der Waals surface area contributed by atoms with Crippen molar-refractivity contribution in [2.45, 2.75) is 45.6 Å². The predicted octanol–water partition coefficient (Wildman–Crippen LogP) is 1.64. The summed E-state index contributed by atoms with van der Waals surface area (Å²) in [5.41, 5.74) is 2.35. The van der Waals surface area contributed by atoms with Crippen LogP contribution >= 0.6 is 0 Å². The maximum Gasteiger partial charge on any atom is 0.239 e. The lowest BCUT2D eigenvalue weighted by Crippen LogP contribution is -2.44. The third-order valence-electron chi connectivity index (χ3n) is 4.57. The van der Waals surface area contributed by atoms with Gasteiger partial charge in [0.1, 0.15) is 0 Å². The van der Waals surface area contributed by atoms with E-state index in [1.54, 1.807) is 0 Å². The monoisotopic (exact) mass is 331 g/mol. The standard InChI is InChI=1S/C19H29N3O2/c1-15-5-7-17(8-6-15)9-10-18(23)21-14-19(24)20-13-16(2)22-11-3-4-12-22/h5-8,16H,3-4,9-14H2,1-2H3,(H,20,24)(H,21,23)/t16-/m0/s1. The molecule has 0 unspecified atom stereocenters. The van der Waals surface area contributed by atoms with Gasteiger partial charge in [0.25, 0.3) is 0 Å². The molecule has 0 aromatic heterocycles. The second kappa shape index (κ2) is 9.42. The molecule has 1 aliphatic heterocycles. The first kappa shape index (κ1) is 18.5. The Bertz CT molecular complexity index is 536. The van der Waals surface area contributed by atoms with Crippen LogP contribution in [-0.2, 0) is 16.0 Å². The number of hydrogen-bond donors (Lipinski definition) is 2. The number of rotatable bonds is 8. The van der Waals surface area contributed by atoms with Gasteiger partial charge in [-0.05, 0) is 51.8 Å². The maximum absolute atomic E-state index is 11.8. The van der Waals surface area contributed by atoms with Crippen molar-refractivity contribution in [3.63, 3.8) is 0 Å². The summed E-state index contributed by atoms with van der Waals surface area (Å²) < 4.78 is 0. The fourth-order valence-corrected chi connectivity index (χ4v) is 2.92. The van der Waals surface area contributed by atoms with Crippen molar-refractivity contribution in [3.8, 4) is 0 Å². The third kappa shape index (κ3) is 6.32. The quantitative estimate of drug-likeness (QED) is 0.761. The molecular formula is C19H29N3O2. The molecule has 2 rings (SSSR count). The molecule has 5 nitrogen and oxygen atoms in total. The average Bonchev–Trinajstić information content (AvgIpc) is 3.12. The van der Waals surface area contributed by atoms with Crippen molar-refractivity contribution in [2.24, 2.45) is 0 Å². The number of carbonyl (C=O) groups excluding carboxylic acids is 2. The smallest absolute Gasteiger partial charge is 0.239 e. The van der Waals surface area contributed by atoms with Gasteiger partial charge in [0, 0.05) is 19.0 Å². The highest BCUT2D eigenvalue weighted by atomic mass is 16.2. The Balaban J connectivity index is 1.58. The molecule has 1 saturated heterocycles. The molecule has 0 spiro atoms. The number of carbonyl (C=O) groups is 2. The van der Waals surface area contributed by atoms with Gasteiger partial charge in [-0.1, -0.05) is 29.8 Å². The summed E-state index contributed by atoms with van der Waals surface area (Å²) in [5.74, 6) is -0.206. The van der Waals surface area contributed by atoms with Crippen LogP contribution in [0.3, 0.4) is 0 Å². The van der Waals surface area contributed by atoms with Crippen LogP contribution in [0.25, 0.3) is 0 Å². The summed E-state index contributed by atoms with van der Waals surface area (Å²) in [6.45, 7) is 7.10. The third-order valence-corrected chi connectivity index (χ3v) is 4.57. The molecule has 0 radical (unpaired) electrons. The Hall–Kier alpha value is -1.88. The Morgan fingerprint density at radius 3 is 2.42 bits per heavy atom. The Labute approximate surface area is 144 Å². The molecule has 5 heteroatoms. The van der Waals surface area contributed by atoms with Gasteiger partial charge >= 0.3 is 0 Å². The molecular weight excluding hydrogens is 302 g/mol. The number of nitrogens with zero attached hydrogens (tertiary/aromatic N) is 1. The summed E-state index contributed by atoms with van der Waals surface area (Å²) in [6, 6.07) is 8.52. The molecule has 0 aliphatic carbocycles. The number of benzene rings is 1. The highest BCUT2D eigenvalue weighted by Gasteiger charge is 2.18. The first-order valence-corrected chi connectivity index (χ1v) is 8.87. The van der Waals surface area contributed by atoms with Crippen LogP contribution in [0.2, 0.25) is 0 Å². The molecule has 1 atom stereocenters. The van der Waals surface area contributed by atoms with Crippen LogP contribution in [0.15, 0.2) is 24.3 Å². The summed E-state index contributed by atoms with van der Waals surface area (Å²) in [4.78, 5) is 26.1. The van der Waals surface area contributed by atoms with Crippen molar-refractivity contribution in [1.82, 2.24) is 15.5 Å². The summed E-state index contributed by atoms with van der Waals surface area (Å²) in [5, 5.41) is 5.59. The highest BCUT2D eigenvalue weighted by Crippen LogP contribution is 2.10. The topological polar surface area (TPSA) is 61.4 Å². The lowest BCUT2D eigenvalue weighted by atomic mass is 10.1. The van der Waals surface area contributed by atoms with Crippen molar-refractivity contribution in [2.75, 3.05) is 26.2 Å². The van der Waals surface area contributed by atoms with E-state index in [-0.39, 0.29) is 18.4 Å². The van der Waals surface area contributed by atoms with Crippen LogP contribution in [-0.4, -0.2) is 48.9 Å². The lowest BCUT2D eigenvalue weighted by Gasteiger charge is -2.23. The molecule has 2 amide bonds. The van der Waals surface area contributed by atoms with Crippen LogP contribution < -0.4 is 10.6 Å². The molecule has 0 saturated carbocycles. The summed E-state index contributed by atoms with van der Waals surface area (Å²) in [7, 11) is 0. The van der Waals surface area contributed by atoms with Crippen molar-refractivity contribution >= 4 is 11.8 Å². The highest BCUT2D eigenvalue weighted by molar-refractivity contribution is 5.84. The summed E-state index contributed by atoms with van der Waals surface area (Å²) >= 11 is 0. The largest absolute Gasteiger partial charge is 0.353 e. The molecule has 24 heavy (non-hydrogen) atoms. The van der Waals surface area contributed by atoms with Gasteiger partial charge < -0.3 is 10.6 Å². The van der Waals surface area contributed by atoms with E-state index >= 15 is 0 Å². The fraction of sp³-hybridized carbons (Fsp3) is 0.579. The fourth-order valence-electron chi connectivity index (χ4n) is 2.92. The Morgan fingerprint density at radius 2 is 1.75 bits per heavy atom. The minimum atomic E-state index is -0.121. The van der Waals surface area contributed by atoms with Gasteiger partial charge in [0.2, 0.25) is 11.8 Å². The van der Waals surface area contributed by atoms with E-state index in [9.17, 15) is 9.59 Å². The lowest BCUT2D eigenvalue weighted by molar-refractivity contribution is -0.126. The maximum atomic E-state index is 11.8. The van der Waals surface area contributed by atoms with E-state index < -0.39 is 0 Å². The summed E-state index contributed by atoms with van der Waals surface area (Å²) in [6.07, 6.45) is 3.59. The van der Waals surface area contributed by atoms with Crippen molar-refractivity contribution in [3.05, 3.63) is 35.4 Å². The average molecular weight is 331 g/mol. The van der Waals surface area contributed by atoms with Gasteiger partial charge in [0.05, 0.1) is 6.54 Å². The van der Waals surface area contributed by atoms with Crippen LogP contribution in [0, 0.1) is 6.92 Å². The first-order chi connectivity index (χ1) is 11.5. The molecule has 0 bridgehead atoms. The molecule has 1 fully saturated rings. The molecule has 132 valence electrons. The van der Waals surface area contributed by atoms with Crippen LogP contribution in [0.4, 0.5) is 0 Å². The van der Waals surface area contributed by atoms with E-state index in [2.05, 4.69) is 22.5 Å². The molecule has 1 aromatic carbocycles. The number of aryl methyl sites for hydroxylation is 2. The zero-order valence-corrected chi connectivity index (χ0v) is 14.8. The second-order valence-corrected chi connectivity index (χ2v) is 6.66. The Kier molecular flexibility index (Phi) is 7.25. The van der Waals surface area contributed by atoms with E-state index in [0.717, 1.165) is 18.7 Å². The van der Waals surface area contributed by atoms with Gasteiger partial charge in [-0.15, -0.1) is 0 Å². The minimum absolute atomic E-state index is 0.0550.